The first-order valence-corrected chi connectivity index (χ1v) is 11.9. The van der Waals surface area contributed by atoms with Crippen molar-refractivity contribution in [1.82, 2.24) is 5.53 Å². The lowest BCUT2D eigenvalue weighted by atomic mass is 9.42. The molecule has 156 valence electrons. The molecule has 0 heterocycles. The zero-order chi connectivity index (χ0) is 19.4. The molecule has 4 N–H and O–H groups in total. The van der Waals surface area contributed by atoms with Crippen LogP contribution >= 0.6 is 0 Å². The highest BCUT2D eigenvalue weighted by atomic mass is 16.5. The van der Waals surface area contributed by atoms with Gasteiger partial charge in [0.05, 0.1) is 0 Å². The minimum Gasteiger partial charge on any atom is -0.606 e. The first-order valence-electron chi connectivity index (χ1n) is 11.9. The molecule has 6 saturated carbocycles. The molecule has 0 spiro atoms. The largest absolute Gasteiger partial charge is 0.606 e. The van der Waals surface area contributed by atoms with Gasteiger partial charge in [-0.1, -0.05) is 13.8 Å². The van der Waals surface area contributed by atoms with E-state index >= 15 is 0 Å². The Kier molecular flexibility index (Phi) is 3.71. The van der Waals surface area contributed by atoms with Crippen LogP contribution in [-0.2, 0) is 0 Å². The molecule has 0 aliphatic heterocycles. The van der Waals surface area contributed by atoms with Gasteiger partial charge in [-0.05, 0) is 97.7 Å². The molecule has 6 fully saturated rings. The van der Waals surface area contributed by atoms with Crippen LogP contribution < -0.4 is 16.4 Å². The van der Waals surface area contributed by atoms with Crippen molar-refractivity contribution in [3.05, 3.63) is 5.21 Å². The highest BCUT2D eigenvalue weighted by Gasteiger charge is 2.73. The molecule has 0 aromatic heterocycles. The van der Waals surface area contributed by atoms with Crippen LogP contribution in [0, 0.1) is 63.4 Å². The summed E-state index contributed by atoms with van der Waals surface area (Å²) in [5.74, 6) is 6.76. The predicted molar refractivity (Wildman–Crippen MR) is 110 cm³/mol. The fraction of sp³-hybridized carbons (Fsp3) is 0.957. The second-order valence-electron chi connectivity index (χ2n) is 11.9. The van der Waals surface area contributed by atoms with E-state index in [9.17, 15) is 5.21 Å². The van der Waals surface area contributed by atoms with Crippen molar-refractivity contribution >= 4 is 6.72 Å². The molecule has 6 rings (SSSR count). The van der Waals surface area contributed by atoms with E-state index in [0.717, 1.165) is 47.8 Å². The van der Waals surface area contributed by atoms with Gasteiger partial charge in [0.2, 0.25) is 0 Å². The number of hydroxylamine groups is 1. The van der Waals surface area contributed by atoms with E-state index in [4.69, 9.17) is 5.73 Å². The lowest BCUT2D eigenvalue weighted by molar-refractivity contribution is -0.929. The van der Waals surface area contributed by atoms with Gasteiger partial charge in [0.1, 0.15) is 6.04 Å². The first kappa shape index (κ1) is 18.1. The van der Waals surface area contributed by atoms with Gasteiger partial charge in [0.15, 0.2) is 0 Å². The molecule has 0 aromatic carbocycles. The summed E-state index contributed by atoms with van der Waals surface area (Å²) >= 11 is 0. The number of nitrogens with one attached hydrogen (secondary N) is 2. The van der Waals surface area contributed by atoms with Crippen molar-refractivity contribution in [2.45, 2.75) is 77.3 Å². The van der Waals surface area contributed by atoms with Crippen LogP contribution in [0.1, 0.15) is 65.2 Å². The van der Waals surface area contributed by atoms with Crippen LogP contribution in [0.15, 0.2) is 5.10 Å². The lowest BCUT2D eigenvalue weighted by Gasteiger charge is -2.63. The number of nitrogens with two attached hydrogens (primary N) is 1. The van der Waals surface area contributed by atoms with E-state index in [2.05, 4.69) is 31.2 Å². The van der Waals surface area contributed by atoms with E-state index in [0.29, 0.717) is 17.4 Å². The van der Waals surface area contributed by atoms with Gasteiger partial charge in [0.25, 0.3) is 0 Å². The second kappa shape index (κ2) is 5.73. The smallest absolute Gasteiger partial charge is 0.116 e. The Hall–Kier alpha value is -0.650. The van der Waals surface area contributed by atoms with Gasteiger partial charge in [0, 0.05) is 24.6 Å². The molecule has 13 atom stereocenters. The summed E-state index contributed by atoms with van der Waals surface area (Å²) in [5.41, 5.74) is 10.1. The van der Waals surface area contributed by atoms with Crippen LogP contribution in [-0.4, -0.2) is 18.8 Å². The summed E-state index contributed by atoms with van der Waals surface area (Å²) in [6.45, 7) is 8.59. The molecule has 0 amide bonds. The van der Waals surface area contributed by atoms with Crippen molar-refractivity contribution in [3.63, 3.8) is 0 Å². The van der Waals surface area contributed by atoms with E-state index in [-0.39, 0.29) is 16.6 Å². The third kappa shape index (κ3) is 2.02. The number of hydrogen-bond acceptors (Lipinski definition) is 4. The molecular weight excluding hydrogens is 348 g/mol. The minimum atomic E-state index is 0.115. The predicted octanol–water partition coefficient (Wildman–Crippen LogP) is 2.33. The van der Waals surface area contributed by atoms with E-state index in [1.807, 2.05) is 0 Å². The first-order chi connectivity index (χ1) is 13.4. The molecule has 0 saturated heterocycles. The molecule has 6 aliphatic carbocycles. The number of rotatable bonds is 3. The van der Waals surface area contributed by atoms with E-state index < -0.39 is 0 Å². The monoisotopic (exact) mass is 386 g/mol. The minimum absolute atomic E-state index is 0.115. The normalized spacial score (nSPS) is 62.1. The Bertz CT molecular complexity index is 686. The van der Waals surface area contributed by atoms with Crippen molar-refractivity contribution < 1.29 is 5.17 Å². The van der Waals surface area contributed by atoms with Crippen LogP contribution in [0.3, 0.4) is 0 Å². The number of hydrazone groups is 1. The summed E-state index contributed by atoms with van der Waals surface area (Å²) in [7, 11) is 0. The van der Waals surface area contributed by atoms with Crippen molar-refractivity contribution in [3.8, 4) is 0 Å². The van der Waals surface area contributed by atoms with E-state index in [1.165, 1.54) is 44.9 Å². The lowest BCUT2D eigenvalue weighted by Crippen LogP contribution is -3.18. The molecule has 0 aromatic rings. The molecule has 5 nitrogen and oxygen atoms in total. The van der Waals surface area contributed by atoms with Gasteiger partial charge in [-0.3, -0.25) is 5.17 Å². The summed E-state index contributed by atoms with van der Waals surface area (Å²) in [6.07, 6.45) is 10.4. The maximum absolute atomic E-state index is 12.7. The second-order valence-corrected chi connectivity index (χ2v) is 11.9. The van der Waals surface area contributed by atoms with Crippen LogP contribution in [0.4, 0.5) is 0 Å². The average Bonchev–Trinajstić information content (AvgIpc) is 3.37. The van der Waals surface area contributed by atoms with Crippen molar-refractivity contribution in [1.29, 1.82) is 0 Å². The molecule has 28 heavy (non-hydrogen) atoms. The van der Waals surface area contributed by atoms with Gasteiger partial charge in [-0.15, -0.1) is 5.10 Å². The third-order valence-corrected chi connectivity index (χ3v) is 11.5. The van der Waals surface area contributed by atoms with Crippen LogP contribution in [0.5, 0.6) is 0 Å². The highest BCUT2D eigenvalue weighted by Crippen LogP contribution is 2.76. The quantitative estimate of drug-likeness (QED) is 0.515. The summed E-state index contributed by atoms with van der Waals surface area (Å²) in [5, 5.41) is 16.5. The van der Waals surface area contributed by atoms with Gasteiger partial charge >= 0.3 is 0 Å². The SMILES string of the molecule is C=NN[NH+]([O-])C1CCC2C3CCC4C[C@H]5C(N)[C@H]6CC6C(C)(C3CCC21C)C45. The molecule has 5 heteroatoms. The Morgan fingerprint density at radius 1 is 1.00 bits per heavy atom. The van der Waals surface area contributed by atoms with Gasteiger partial charge < -0.3 is 10.9 Å². The molecule has 0 radical (unpaired) electrons. The number of nitrogens with zero attached hydrogens (tertiary/aromatic N) is 1. The highest BCUT2D eigenvalue weighted by molar-refractivity contribution is 5.22. The third-order valence-electron chi connectivity index (χ3n) is 11.5. The standard InChI is InChI=1S/C23H38N4O/c1-22-9-8-17-13(16(22)6-7-19(22)27(28)26-25-3)5-4-12-10-15-20(12)23(17,2)18-11-14(18)21(15)24/h12-21,26-27H,3-11,24H2,1-2H3/t12?,13?,14-,15+,16?,17?,18?,19?,20?,21?,22?,23?/m0/s1. The zero-order valence-electron chi connectivity index (χ0n) is 17.6. The van der Waals surface area contributed by atoms with Crippen LogP contribution in [0.2, 0.25) is 0 Å². The molecular formula is C23H38N4O. The summed E-state index contributed by atoms with van der Waals surface area (Å²) in [4.78, 5) is 0. The topological polar surface area (TPSA) is 77.9 Å². The Labute approximate surface area is 169 Å². The maximum Gasteiger partial charge on any atom is 0.116 e. The number of hydrogen-bond donors (Lipinski definition) is 3. The fourth-order valence-electron chi connectivity index (χ4n) is 10.4. The summed E-state index contributed by atoms with van der Waals surface area (Å²) < 4.78 is 0. The Morgan fingerprint density at radius 3 is 2.61 bits per heavy atom. The fourth-order valence-corrected chi connectivity index (χ4v) is 10.4. The number of quaternary nitrogens is 1. The van der Waals surface area contributed by atoms with Crippen molar-refractivity contribution in [2.24, 2.45) is 69.0 Å². The van der Waals surface area contributed by atoms with E-state index in [1.54, 1.807) is 0 Å². The van der Waals surface area contributed by atoms with Gasteiger partial charge in [-0.2, -0.15) is 5.53 Å². The summed E-state index contributed by atoms with van der Waals surface area (Å²) in [6, 6.07) is 0.619. The van der Waals surface area contributed by atoms with Crippen molar-refractivity contribution in [2.75, 3.05) is 0 Å². The molecule has 11 unspecified atom stereocenters. The average molecular weight is 387 g/mol. The molecule has 6 aliphatic rings. The zero-order valence-corrected chi connectivity index (χ0v) is 17.6. The number of fused-ring (bicyclic) bond motifs is 6. The van der Waals surface area contributed by atoms with Crippen LogP contribution in [0.25, 0.3) is 0 Å². The Morgan fingerprint density at radius 2 is 1.82 bits per heavy atom. The Balaban J connectivity index is 1.34. The molecule has 0 bridgehead atoms. The maximum atomic E-state index is 12.7. The van der Waals surface area contributed by atoms with Gasteiger partial charge in [-0.25, -0.2) is 0 Å².